The average Bonchev–Trinajstić information content (AvgIpc) is 2.94. The normalized spacial score (nSPS) is 14.9. The van der Waals surface area contributed by atoms with Crippen molar-refractivity contribution < 1.29 is 33.4 Å². The Labute approximate surface area is 186 Å². The zero-order valence-electron chi connectivity index (χ0n) is 16.3. The highest BCUT2D eigenvalue weighted by molar-refractivity contribution is 8.18. The van der Waals surface area contributed by atoms with E-state index in [1.54, 1.807) is 25.1 Å². The predicted molar refractivity (Wildman–Crippen MR) is 114 cm³/mol. The fourth-order valence-electron chi connectivity index (χ4n) is 2.78. The molecule has 1 heterocycles. The third kappa shape index (κ3) is 5.56. The van der Waals surface area contributed by atoms with Crippen LogP contribution in [-0.4, -0.2) is 40.3 Å². The van der Waals surface area contributed by atoms with Gasteiger partial charge in [0.15, 0.2) is 11.5 Å². The number of thioether (sulfide) groups is 1. The van der Waals surface area contributed by atoms with Crippen molar-refractivity contribution >= 4 is 46.6 Å². The van der Waals surface area contributed by atoms with Gasteiger partial charge in [0.25, 0.3) is 11.1 Å². The summed E-state index contributed by atoms with van der Waals surface area (Å²) >= 11 is 7.00. The summed E-state index contributed by atoms with van der Waals surface area (Å²) in [4.78, 5) is 35.8. The Bertz CT molecular complexity index is 1070. The Morgan fingerprint density at radius 1 is 1.26 bits per heavy atom. The van der Waals surface area contributed by atoms with Gasteiger partial charge >= 0.3 is 5.97 Å². The minimum atomic E-state index is -1.29. The van der Waals surface area contributed by atoms with Crippen LogP contribution in [0.25, 0.3) is 6.08 Å². The summed E-state index contributed by atoms with van der Waals surface area (Å²) in [5, 5.41) is 8.38. The number of carboxylic acid groups (broad SMARTS) is 1. The third-order valence-corrected chi connectivity index (χ3v) is 5.26. The van der Waals surface area contributed by atoms with Crippen molar-refractivity contribution in [2.24, 2.45) is 0 Å². The second-order valence-electron chi connectivity index (χ2n) is 6.34. The Morgan fingerprint density at radius 2 is 2.03 bits per heavy atom. The molecule has 0 bridgehead atoms. The summed E-state index contributed by atoms with van der Waals surface area (Å²) in [5.41, 5.74) is 1.07. The number of carboxylic acids is 1. The van der Waals surface area contributed by atoms with E-state index in [4.69, 9.17) is 26.2 Å². The molecule has 162 valence electrons. The van der Waals surface area contributed by atoms with Crippen molar-refractivity contribution in [2.45, 2.75) is 13.5 Å². The Kier molecular flexibility index (Phi) is 7.19. The van der Waals surface area contributed by atoms with Gasteiger partial charge in [-0.05, 0) is 60.2 Å². The number of aliphatic carboxylic acids is 1. The van der Waals surface area contributed by atoms with Crippen molar-refractivity contribution in [3.8, 4) is 11.5 Å². The average molecular weight is 466 g/mol. The molecule has 1 aliphatic heterocycles. The van der Waals surface area contributed by atoms with E-state index in [1.807, 2.05) is 0 Å². The van der Waals surface area contributed by atoms with E-state index in [-0.39, 0.29) is 28.1 Å². The molecule has 0 unspecified atom stereocenters. The van der Waals surface area contributed by atoms with Gasteiger partial charge in [-0.15, -0.1) is 0 Å². The van der Waals surface area contributed by atoms with Gasteiger partial charge in [-0.25, -0.2) is 4.39 Å². The number of carbonyl (C=O) groups is 3. The van der Waals surface area contributed by atoms with Crippen LogP contribution < -0.4 is 9.47 Å². The van der Waals surface area contributed by atoms with Crippen LogP contribution in [0.2, 0.25) is 5.02 Å². The molecule has 0 radical (unpaired) electrons. The van der Waals surface area contributed by atoms with E-state index in [2.05, 4.69) is 0 Å². The number of ether oxygens (including phenoxy) is 2. The van der Waals surface area contributed by atoms with Gasteiger partial charge in [-0.2, -0.15) is 0 Å². The van der Waals surface area contributed by atoms with Crippen LogP contribution in [0.1, 0.15) is 18.1 Å². The molecule has 0 spiro atoms. The number of hydrogen-bond donors (Lipinski definition) is 1. The third-order valence-electron chi connectivity index (χ3n) is 4.07. The molecule has 1 fully saturated rings. The molecule has 0 atom stereocenters. The number of imide groups is 1. The maximum absolute atomic E-state index is 13.4. The first-order valence-corrected chi connectivity index (χ1v) is 10.3. The molecule has 1 N–H and O–H groups in total. The van der Waals surface area contributed by atoms with E-state index >= 15 is 0 Å². The number of carbonyl (C=O) groups excluding carboxylic acids is 2. The lowest BCUT2D eigenvalue weighted by Crippen LogP contribution is -2.33. The van der Waals surface area contributed by atoms with E-state index < -0.39 is 23.7 Å². The molecule has 1 aliphatic rings. The monoisotopic (exact) mass is 465 g/mol. The SMILES string of the molecule is CCOc1cc(/C=C2/SC(=O)N(CC(=O)O)C2=O)cc(Cl)c1OCc1cccc(F)c1. The van der Waals surface area contributed by atoms with Crippen molar-refractivity contribution in [2.75, 3.05) is 13.2 Å². The summed E-state index contributed by atoms with van der Waals surface area (Å²) in [6.07, 6.45) is 1.43. The van der Waals surface area contributed by atoms with E-state index in [9.17, 15) is 18.8 Å². The predicted octanol–water partition coefficient (Wildman–Crippen LogP) is 4.58. The lowest BCUT2D eigenvalue weighted by atomic mass is 10.1. The zero-order chi connectivity index (χ0) is 22.5. The van der Waals surface area contributed by atoms with Crippen molar-refractivity contribution in [3.05, 3.63) is 63.3 Å². The van der Waals surface area contributed by atoms with E-state index in [0.717, 1.165) is 0 Å². The van der Waals surface area contributed by atoms with Gasteiger partial charge in [0, 0.05) is 0 Å². The summed E-state index contributed by atoms with van der Waals surface area (Å²) in [5.74, 6) is -1.81. The summed E-state index contributed by atoms with van der Waals surface area (Å²) in [6.45, 7) is 1.43. The molecule has 3 rings (SSSR count). The molecule has 0 saturated carbocycles. The van der Waals surface area contributed by atoms with Crippen LogP contribution in [0.4, 0.5) is 9.18 Å². The first kappa shape index (κ1) is 22.6. The topological polar surface area (TPSA) is 93.1 Å². The second kappa shape index (κ2) is 9.84. The number of amides is 2. The summed E-state index contributed by atoms with van der Waals surface area (Å²) < 4.78 is 24.7. The Morgan fingerprint density at radius 3 is 2.71 bits per heavy atom. The zero-order valence-corrected chi connectivity index (χ0v) is 17.8. The highest BCUT2D eigenvalue weighted by Gasteiger charge is 2.36. The summed E-state index contributed by atoms with van der Waals surface area (Å²) in [7, 11) is 0. The molecule has 31 heavy (non-hydrogen) atoms. The van der Waals surface area contributed by atoms with Gasteiger partial charge < -0.3 is 14.6 Å². The Hall–Kier alpha value is -3.04. The molecule has 2 aromatic rings. The minimum Gasteiger partial charge on any atom is -0.490 e. The number of benzene rings is 2. The highest BCUT2D eigenvalue weighted by Crippen LogP contribution is 2.39. The van der Waals surface area contributed by atoms with Crippen LogP contribution in [0.5, 0.6) is 11.5 Å². The lowest BCUT2D eigenvalue weighted by molar-refractivity contribution is -0.140. The first-order chi connectivity index (χ1) is 14.8. The standard InChI is InChI=1S/C21H17ClFNO6S/c1-2-29-16-8-13(9-17-20(27)24(10-18(25)26)21(28)31-17)7-15(22)19(16)30-11-12-4-3-5-14(23)6-12/h3-9H,2,10-11H2,1H3,(H,25,26)/b17-9+. The van der Waals surface area contributed by atoms with Gasteiger partial charge in [-0.1, -0.05) is 23.7 Å². The molecule has 0 aliphatic carbocycles. The van der Waals surface area contributed by atoms with Crippen molar-refractivity contribution in [1.29, 1.82) is 0 Å². The summed E-state index contributed by atoms with van der Waals surface area (Å²) in [6, 6.07) is 9.06. The van der Waals surface area contributed by atoms with Crippen molar-refractivity contribution in [1.82, 2.24) is 4.90 Å². The molecular formula is C21H17ClFNO6S. The van der Waals surface area contributed by atoms with Gasteiger partial charge in [-0.3, -0.25) is 19.3 Å². The molecule has 2 aromatic carbocycles. The second-order valence-corrected chi connectivity index (χ2v) is 7.74. The fraction of sp³-hybridized carbons (Fsp3) is 0.190. The van der Waals surface area contributed by atoms with Crippen molar-refractivity contribution in [3.63, 3.8) is 0 Å². The fourth-order valence-corrected chi connectivity index (χ4v) is 3.89. The highest BCUT2D eigenvalue weighted by atomic mass is 35.5. The van der Waals surface area contributed by atoms with Gasteiger partial charge in [0.1, 0.15) is 19.0 Å². The molecule has 10 heteroatoms. The van der Waals surface area contributed by atoms with Crippen LogP contribution >= 0.6 is 23.4 Å². The largest absolute Gasteiger partial charge is 0.490 e. The van der Waals surface area contributed by atoms with Crippen LogP contribution in [0, 0.1) is 5.82 Å². The Balaban J connectivity index is 1.86. The molecule has 7 nitrogen and oxygen atoms in total. The quantitative estimate of drug-likeness (QED) is 0.570. The maximum atomic E-state index is 13.4. The number of halogens is 2. The number of nitrogens with zero attached hydrogens (tertiary/aromatic N) is 1. The smallest absolute Gasteiger partial charge is 0.323 e. The van der Waals surface area contributed by atoms with Gasteiger partial charge in [0.05, 0.1) is 16.5 Å². The molecule has 1 saturated heterocycles. The first-order valence-electron chi connectivity index (χ1n) is 9.09. The van der Waals surface area contributed by atoms with Gasteiger partial charge in [0.2, 0.25) is 0 Å². The van der Waals surface area contributed by atoms with Crippen LogP contribution in [0.3, 0.4) is 0 Å². The van der Waals surface area contributed by atoms with E-state index in [0.29, 0.717) is 40.1 Å². The molecular weight excluding hydrogens is 449 g/mol. The minimum absolute atomic E-state index is 0.0605. The van der Waals surface area contributed by atoms with E-state index in [1.165, 1.54) is 24.3 Å². The maximum Gasteiger partial charge on any atom is 0.323 e. The van der Waals surface area contributed by atoms with Crippen LogP contribution in [-0.2, 0) is 16.2 Å². The number of hydrogen-bond acceptors (Lipinski definition) is 6. The molecule has 0 aromatic heterocycles. The number of rotatable bonds is 8. The molecule has 2 amide bonds. The van der Waals surface area contributed by atoms with Crippen LogP contribution in [0.15, 0.2) is 41.3 Å². The lowest BCUT2D eigenvalue weighted by Gasteiger charge is -2.15.